The zero-order valence-corrected chi connectivity index (χ0v) is 14.2. The van der Waals surface area contributed by atoms with Gasteiger partial charge in [-0.1, -0.05) is 18.2 Å². The zero-order valence-electron chi connectivity index (χ0n) is 14.2. The van der Waals surface area contributed by atoms with Crippen molar-refractivity contribution in [2.24, 2.45) is 14.1 Å². The van der Waals surface area contributed by atoms with Crippen molar-refractivity contribution in [1.29, 1.82) is 0 Å². The first-order chi connectivity index (χ1) is 12.0. The molecule has 1 aromatic carbocycles. The molecule has 2 aromatic heterocycles. The molecule has 130 valence electrons. The molecular formula is C17H20N6O2. The van der Waals surface area contributed by atoms with Crippen LogP contribution in [0.15, 0.2) is 39.9 Å². The van der Waals surface area contributed by atoms with Gasteiger partial charge >= 0.3 is 5.69 Å². The van der Waals surface area contributed by atoms with Crippen LogP contribution < -0.4 is 21.5 Å². The third-order valence-electron chi connectivity index (χ3n) is 4.78. The number of aryl methyl sites for hydroxylation is 2. The molecule has 0 bridgehead atoms. The molecule has 1 aliphatic rings. The van der Waals surface area contributed by atoms with Crippen LogP contribution in [0.5, 0.6) is 0 Å². The van der Waals surface area contributed by atoms with Crippen LogP contribution in [0.25, 0.3) is 11.2 Å². The van der Waals surface area contributed by atoms with Gasteiger partial charge in [-0.05, 0) is 18.6 Å². The summed E-state index contributed by atoms with van der Waals surface area (Å²) in [5.41, 5.74) is 1.10. The number of H-pyrrole nitrogens is 1. The van der Waals surface area contributed by atoms with E-state index in [4.69, 9.17) is 0 Å². The lowest BCUT2D eigenvalue weighted by molar-refractivity contribution is 0.777. The first kappa shape index (κ1) is 15.5. The Morgan fingerprint density at radius 2 is 1.92 bits per heavy atom. The molecule has 0 spiro atoms. The number of fused-ring (bicyclic) bond motifs is 1. The van der Waals surface area contributed by atoms with Gasteiger partial charge in [-0.25, -0.2) is 4.79 Å². The summed E-state index contributed by atoms with van der Waals surface area (Å²) in [4.78, 5) is 33.0. The average molecular weight is 340 g/mol. The lowest BCUT2D eigenvalue weighted by Gasteiger charge is -2.19. The second-order valence-electron chi connectivity index (χ2n) is 6.40. The number of para-hydroxylation sites is 1. The van der Waals surface area contributed by atoms with Crippen molar-refractivity contribution < 1.29 is 0 Å². The normalized spacial score (nSPS) is 17.4. The number of imidazole rings is 1. The van der Waals surface area contributed by atoms with E-state index in [2.05, 4.69) is 32.3 Å². The minimum Gasteiger partial charge on any atom is -0.369 e. The first-order valence-electron chi connectivity index (χ1n) is 8.27. The fraction of sp³-hybridized carbons (Fsp3) is 0.353. The fourth-order valence-electron chi connectivity index (χ4n) is 3.37. The molecule has 1 fully saturated rings. The molecule has 0 saturated carbocycles. The summed E-state index contributed by atoms with van der Waals surface area (Å²) in [6.45, 7) is 1.83. The third-order valence-corrected chi connectivity index (χ3v) is 4.78. The largest absolute Gasteiger partial charge is 0.369 e. The Hall–Kier alpha value is -3.03. The molecule has 0 aliphatic carbocycles. The number of aromatic nitrogens is 4. The van der Waals surface area contributed by atoms with Crippen LogP contribution in [-0.2, 0) is 14.1 Å². The minimum absolute atomic E-state index is 0.229. The SMILES string of the molecule is Cn1c(N[C@H]2CCN(c3ccccc3)C2)nc2c1c(=O)[nH]c(=O)n2C. The van der Waals surface area contributed by atoms with Gasteiger partial charge in [0.2, 0.25) is 5.95 Å². The van der Waals surface area contributed by atoms with Crippen LogP contribution in [0.2, 0.25) is 0 Å². The summed E-state index contributed by atoms with van der Waals surface area (Å²) < 4.78 is 3.06. The maximum Gasteiger partial charge on any atom is 0.329 e. The number of anilines is 2. The summed E-state index contributed by atoms with van der Waals surface area (Å²) >= 11 is 0. The number of nitrogens with one attached hydrogen (secondary N) is 2. The van der Waals surface area contributed by atoms with Crippen LogP contribution in [0.1, 0.15) is 6.42 Å². The van der Waals surface area contributed by atoms with E-state index in [-0.39, 0.29) is 6.04 Å². The predicted molar refractivity (Wildman–Crippen MR) is 97.3 cm³/mol. The second kappa shape index (κ2) is 5.80. The Morgan fingerprint density at radius 3 is 2.68 bits per heavy atom. The van der Waals surface area contributed by atoms with E-state index >= 15 is 0 Å². The lowest BCUT2D eigenvalue weighted by Crippen LogP contribution is -2.29. The van der Waals surface area contributed by atoms with Gasteiger partial charge in [0.15, 0.2) is 11.2 Å². The number of hydrogen-bond acceptors (Lipinski definition) is 5. The Morgan fingerprint density at radius 1 is 1.16 bits per heavy atom. The summed E-state index contributed by atoms with van der Waals surface area (Å²) in [6.07, 6.45) is 0.980. The third kappa shape index (κ3) is 2.59. The van der Waals surface area contributed by atoms with Gasteiger partial charge in [0, 0.05) is 38.9 Å². The monoisotopic (exact) mass is 340 g/mol. The highest BCUT2D eigenvalue weighted by Gasteiger charge is 2.24. The highest BCUT2D eigenvalue weighted by atomic mass is 16.2. The molecule has 8 heteroatoms. The molecule has 1 atom stereocenters. The summed E-state index contributed by atoms with van der Waals surface area (Å²) in [7, 11) is 3.38. The molecule has 3 heterocycles. The highest BCUT2D eigenvalue weighted by molar-refractivity contribution is 5.74. The summed E-state index contributed by atoms with van der Waals surface area (Å²) in [6, 6.07) is 10.5. The topological polar surface area (TPSA) is 88.0 Å². The van der Waals surface area contributed by atoms with Crippen LogP contribution >= 0.6 is 0 Å². The molecule has 1 saturated heterocycles. The summed E-state index contributed by atoms with van der Waals surface area (Å²) in [5.74, 6) is 0.599. The molecule has 8 nitrogen and oxygen atoms in total. The smallest absolute Gasteiger partial charge is 0.329 e. The van der Waals surface area contributed by atoms with Crippen LogP contribution in [0.4, 0.5) is 11.6 Å². The minimum atomic E-state index is -0.460. The molecule has 3 aromatic rings. The molecule has 25 heavy (non-hydrogen) atoms. The molecule has 2 N–H and O–H groups in total. The van der Waals surface area contributed by atoms with Crippen molar-refractivity contribution in [3.8, 4) is 0 Å². The van der Waals surface area contributed by atoms with E-state index in [1.54, 1.807) is 18.7 Å². The fourth-order valence-corrected chi connectivity index (χ4v) is 3.37. The quantitative estimate of drug-likeness (QED) is 0.731. The van der Waals surface area contributed by atoms with Crippen LogP contribution in [0.3, 0.4) is 0 Å². The van der Waals surface area contributed by atoms with E-state index in [0.717, 1.165) is 19.5 Å². The van der Waals surface area contributed by atoms with Gasteiger partial charge < -0.3 is 14.8 Å². The van der Waals surface area contributed by atoms with Crippen molar-refractivity contribution >= 4 is 22.8 Å². The van der Waals surface area contributed by atoms with Crippen molar-refractivity contribution in [2.75, 3.05) is 23.3 Å². The molecule has 0 amide bonds. The Labute approximate surface area is 143 Å². The Bertz CT molecular complexity index is 1030. The lowest BCUT2D eigenvalue weighted by atomic mass is 10.3. The molecular weight excluding hydrogens is 320 g/mol. The van der Waals surface area contributed by atoms with Crippen LogP contribution in [0, 0.1) is 0 Å². The highest BCUT2D eigenvalue weighted by Crippen LogP contribution is 2.22. The molecule has 1 aliphatic heterocycles. The number of hydrogen-bond donors (Lipinski definition) is 2. The number of benzene rings is 1. The first-order valence-corrected chi connectivity index (χ1v) is 8.27. The van der Waals surface area contributed by atoms with Gasteiger partial charge in [-0.3, -0.25) is 14.3 Å². The Balaban J connectivity index is 1.61. The van der Waals surface area contributed by atoms with E-state index in [1.807, 2.05) is 18.2 Å². The predicted octanol–water partition coefficient (Wildman–Crippen LogP) is 0.651. The van der Waals surface area contributed by atoms with Gasteiger partial charge in [0.25, 0.3) is 5.56 Å². The average Bonchev–Trinajstić information content (AvgIpc) is 3.20. The van der Waals surface area contributed by atoms with E-state index in [0.29, 0.717) is 17.1 Å². The molecule has 0 unspecified atom stereocenters. The Kier molecular flexibility index (Phi) is 3.60. The van der Waals surface area contributed by atoms with Crippen LogP contribution in [-0.4, -0.2) is 38.2 Å². The standard InChI is InChI=1S/C17H20N6O2/c1-21-13-14(22(2)17(25)20-15(13)24)19-16(21)18-11-8-9-23(10-11)12-6-4-3-5-7-12/h3-7,11H,8-10H2,1-2H3,(H,18,19)(H,20,24,25)/t11-/m0/s1. The summed E-state index contributed by atoms with van der Waals surface area (Å²) in [5, 5.41) is 3.41. The maximum atomic E-state index is 12.1. The van der Waals surface area contributed by atoms with Crippen molar-refractivity contribution in [1.82, 2.24) is 19.1 Å². The van der Waals surface area contributed by atoms with Gasteiger partial charge in [-0.2, -0.15) is 4.98 Å². The second-order valence-corrected chi connectivity index (χ2v) is 6.40. The van der Waals surface area contributed by atoms with Gasteiger partial charge in [-0.15, -0.1) is 0 Å². The molecule has 0 radical (unpaired) electrons. The number of nitrogens with zero attached hydrogens (tertiary/aromatic N) is 4. The van der Waals surface area contributed by atoms with E-state index in [1.165, 1.54) is 10.3 Å². The maximum absolute atomic E-state index is 12.1. The van der Waals surface area contributed by atoms with E-state index in [9.17, 15) is 9.59 Å². The molecule has 4 rings (SSSR count). The van der Waals surface area contributed by atoms with E-state index < -0.39 is 11.2 Å². The van der Waals surface area contributed by atoms with Gasteiger partial charge in [0.05, 0.1) is 0 Å². The van der Waals surface area contributed by atoms with Crippen molar-refractivity contribution in [3.05, 3.63) is 51.2 Å². The number of rotatable bonds is 3. The van der Waals surface area contributed by atoms with Crippen molar-refractivity contribution in [2.45, 2.75) is 12.5 Å². The zero-order chi connectivity index (χ0) is 17.6. The van der Waals surface area contributed by atoms with Gasteiger partial charge in [0.1, 0.15) is 0 Å². The number of aromatic amines is 1. The van der Waals surface area contributed by atoms with Crippen molar-refractivity contribution in [3.63, 3.8) is 0 Å².